The molecule has 0 radical (unpaired) electrons. The molecular weight excluding hydrogens is 206 g/mol. The van der Waals surface area contributed by atoms with Gasteiger partial charge in [0.25, 0.3) is 0 Å². The summed E-state index contributed by atoms with van der Waals surface area (Å²) in [7, 11) is 0. The van der Waals surface area contributed by atoms with Crippen LogP contribution in [0, 0.1) is 5.92 Å². The molecule has 0 spiro atoms. The third-order valence-electron chi connectivity index (χ3n) is 2.91. The number of aromatic carboxylic acids is 1. The van der Waals surface area contributed by atoms with Crippen LogP contribution >= 0.6 is 0 Å². The summed E-state index contributed by atoms with van der Waals surface area (Å²) in [6.45, 7) is 2.14. The van der Waals surface area contributed by atoms with Gasteiger partial charge in [-0.05, 0) is 24.5 Å². The van der Waals surface area contributed by atoms with Crippen LogP contribution in [-0.4, -0.2) is 22.1 Å². The van der Waals surface area contributed by atoms with E-state index in [1.807, 2.05) is 0 Å². The van der Waals surface area contributed by atoms with Gasteiger partial charge in [0.1, 0.15) is 5.82 Å². The summed E-state index contributed by atoms with van der Waals surface area (Å²) < 4.78 is 0. The van der Waals surface area contributed by atoms with Crippen molar-refractivity contribution in [2.75, 3.05) is 11.1 Å². The van der Waals surface area contributed by atoms with E-state index in [-0.39, 0.29) is 5.69 Å². The molecule has 0 bridgehead atoms. The first-order valence-electron chi connectivity index (χ1n) is 5.38. The van der Waals surface area contributed by atoms with Crippen LogP contribution in [0.3, 0.4) is 0 Å². The maximum Gasteiger partial charge on any atom is 0.354 e. The topological polar surface area (TPSA) is 88.2 Å². The minimum atomic E-state index is -1.04. The molecule has 1 aromatic rings. The smallest absolute Gasteiger partial charge is 0.354 e. The molecule has 2 atom stereocenters. The fraction of sp³-hybridized carbons (Fsp3) is 0.455. The molecule has 1 fully saturated rings. The minimum absolute atomic E-state index is 0.0189. The van der Waals surface area contributed by atoms with Gasteiger partial charge in [0, 0.05) is 6.04 Å². The third-order valence-corrected chi connectivity index (χ3v) is 2.91. The second kappa shape index (κ2) is 4.00. The molecule has 2 rings (SSSR count). The molecule has 1 saturated carbocycles. The molecule has 0 aromatic carbocycles. The number of anilines is 2. The van der Waals surface area contributed by atoms with E-state index in [0.717, 1.165) is 12.8 Å². The number of hydrogen-bond acceptors (Lipinski definition) is 4. The molecule has 1 aliphatic rings. The summed E-state index contributed by atoms with van der Waals surface area (Å²) in [5.41, 5.74) is 6.25. The Morgan fingerprint density at radius 3 is 3.00 bits per heavy atom. The molecule has 5 nitrogen and oxygen atoms in total. The van der Waals surface area contributed by atoms with E-state index in [0.29, 0.717) is 23.5 Å². The summed E-state index contributed by atoms with van der Waals surface area (Å²) in [5.74, 6) is 0.112. The molecule has 1 heterocycles. The van der Waals surface area contributed by atoms with E-state index in [1.165, 1.54) is 6.07 Å². The molecule has 0 amide bonds. The lowest BCUT2D eigenvalue weighted by atomic mass is 10.3. The van der Waals surface area contributed by atoms with Crippen molar-refractivity contribution in [2.45, 2.75) is 25.8 Å². The number of nitrogens with two attached hydrogens (primary N) is 1. The first-order valence-corrected chi connectivity index (χ1v) is 5.38. The third kappa shape index (κ3) is 2.08. The maximum absolute atomic E-state index is 10.8. The van der Waals surface area contributed by atoms with Crippen molar-refractivity contribution in [1.29, 1.82) is 0 Å². The van der Waals surface area contributed by atoms with Crippen molar-refractivity contribution < 1.29 is 9.90 Å². The Labute approximate surface area is 93.7 Å². The zero-order chi connectivity index (χ0) is 11.7. The predicted octanol–water partition coefficient (Wildman–Crippen LogP) is 1.57. The first-order chi connectivity index (χ1) is 7.61. The van der Waals surface area contributed by atoms with Gasteiger partial charge in [0.15, 0.2) is 5.69 Å². The second-order valence-corrected chi connectivity index (χ2v) is 4.09. The Kier molecular flexibility index (Phi) is 2.68. The summed E-state index contributed by atoms with van der Waals surface area (Å²) in [5, 5.41) is 12.0. The van der Waals surface area contributed by atoms with Crippen LogP contribution in [0.2, 0.25) is 0 Å². The maximum atomic E-state index is 10.8. The van der Waals surface area contributed by atoms with Crippen LogP contribution < -0.4 is 11.1 Å². The number of aromatic nitrogens is 1. The van der Waals surface area contributed by atoms with Gasteiger partial charge in [-0.1, -0.05) is 13.3 Å². The van der Waals surface area contributed by atoms with Crippen molar-refractivity contribution >= 4 is 17.5 Å². The van der Waals surface area contributed by atoms with E-state index < -0.39 is 5.97 Å². The van der Waals surface area contributed by atoms with Gasteiger partial charge in [-0.25, -0.2) is 9.78 Å². The van der Waals surface area contributed by atoms with Crippen molar-refractivity contribution in [2.24, 2.45) is 5.92 Å². The van der Waals surface area contributed by atoms with E-state index >= 15 is 0 Å². The second-order valence-electron chi connectivity index (χ2n) is 4.09. The molecule has 5 heteroatoms. The van der Waals surface area contributed by atoms with Crippen molar-refractivity contribution in [3.05, 3.63) is 17.8 Å². The Morgan fingerprint density at radius 2 is 2.44 bits per heavy atom. The molecule has 86 valence electrons. The van der Waals surface area contributed by atoms with E-state index in [4.69, 9.17) is 10.8 Å². The van der Waals surface area contributed by atoms with Crippen molar-refractivity contribution in [3.63, 3.8) is 0 Å². The number of carboxylic acids is 1. The van der Waals surface area contributed by atoms with Gasteiger partial charge in [-0.3, -0.25) is 0 Å². The van der Waals surface area contributed by atoms with Crippen molar-refractivity contribution in [3.8, 4) is 0 Å². The van der Waals surface area contributed by atoms with Gasteiger partial charge >= 0.3 is 5.97 Å². The highest BCUT2D eigenvalue weighted by Crippen LogP contribution is 2.36. The van der Waals surface area contributed by atoms with E-state index in [1.54, 1.807) is 6.07 Å². The first kappa shape index (κ1) is 10.7. The molecule has 0 aliphatic heterocycles. The Bertz CT molecular complexity index is 420. The lowest BCUT2D eigenvalue weighted by molar-refractivity contribution is 0.0690. The highest BCUT2D eigenvalue weighted by molar-refractivity contribution is 5.86. The van der Waals surface area contributed by atoms with Crippen LogP contribution in [0.25, 0.3) is 0 Å². The van der Waals surface area contributed by atoms with Crippen LogP contribution in [0.15, 0.2) is 12.1 Å². The number of carboxylic acid groups (broad SMARTS) is 1. The molecular formula is C11H15N3O2. The fourth-order valence-corrected chi connectivity index (χ4v) is 1.76. The molecule has 1 aromatic heterocycles. The van der Waals surface area contributed by atoms with Gasteiger partial charge in [-0.2, -0.15) is 0 Å². The van der Waals surface area contributed by atoms with Gasteiger partial charge in [0.2, 0.25) is 0 Å². The zero-order valence-corrected chi connectivity index (χ0v) is 9.10. The van der Waals surface area contributed by atoms with Crippen LogP contribution in [0.5, 0.6) is 0 Å². The average Bonchev–Trinajstić information content (AvgIpc) is 2.99. The summed E-state index contributed by atoms with van der Waals surface area (Å²) in [4.78, 5) is 14.7. The van der Waals surface area contributed by atoms with Crippen molar-refractivity contribution in [1.82, 2.24) is 4.98 Å². The van der Waals surface area contributed by atoms with E-state index in [2.05, 4.69) is 17.2 Å². The summed E-state index contributed by atoms with van der Waals surface area (Å²) in [6, 6.07) is 3.37. The van der Waals surface area contributed by atoms with Gasteiger partial charge in [-0.15, -0.1) is 0 Å². The SMILES string of the molecule is CCC1CC1Nc1nc(C(=O)O)ccc1N. The van der Waals surface area contributed by atoms with Gasteiger partial charge < -0.3 is 16.2 Å². The molecule has 2 unspecified atom stereocenters. The molecule has 4 N–H and O–H groups in total. The number of nitrogen functional groups attached to an aromatic ring is 1. The van der Waals surface area contributed by atoms with Crippen LogP contribution in [-0.2, 0) is 0 Å². The molecule has 1 aliphatic carbocycles. The number of nitrogens with zero attached hydrogens (tertiary/aromatic N) is 1. The lowest BCUT2D eigenvalue weighted by Gasteiger charge is -2.08. The highest BCUT2D eigenvalue weighted by Gasteiger charge is 2.35. The normalized spacial score (nSPS) is 22.8. The predicted molar refractivity (Wildman–Crippen MR) is 61.4 cm³/mol. The Balaban J connectivity index is 2.13. The Morgan fingerprint density at radius 1 is 1.69 bits per heavy atom. The molecule has 0 saturated heterocycles. The number of nitrogens with one attached hydrogen (secondary N) is 1. The number of pyridine rings is 1. The monoisotopic (exact) mass is 221 g/mol. The number of rotatable bonds is 4. The highest BCUT2D eigenvalue weighted by atomic mass is 16.4. The summed E-state index contributed by atoms with van der Waals surface area (Å²) in [6.07, 6.45) is 2.23. The van der Waals surface area contributed by atoms with Crippen LogP contribution in [0.4, 0.5) is 11.5 Å². The molecule has 16 heavy (non-hydrogen) atoms. The van der Waals surface area contributed by atoms with Crippen LogP contribution in [0.1, 0.15) is 30.3 Å². The van der Waals surface area contributed by atoms with E-state index in [9.17, 15) is 4.79 Å². The van der Waals surface area contributed by atoms with Gasteiger partial charge in [0.05, 0.1) is 5.69 Å². The quantitative estimate of drug-likeness (QED) is 0.718. The Hall–Kier alpha value is -1.78. The average molecular weight is 221 g/mol. The number of carbonyl (C=O) groups is 1. The zero-order valence-electron chi connectivity index (χ0n) is 9.10. The standard InChI is InChI=1S/C11H15N3O2/c1-2-6-5-9(6)14-10-7(12)3-4-8(13-10)11(15)16/h3-4,6,9H,2,5,12H2,1H3,(H,13,14)(H,15,16). The fourth-order valence-electron chi connectivity index (χ4n) is 1.76. The minimum Gasteiger partial charge on any atom is -0.477 e. The summed E-state index contributed by atoms with van der Waals surface area (Å²) >= 11 is 0. The lowest BCUT2D eigenvalue weighted by Crippen LogP contribution is -2.11. The number of hydrogen-bond donors (Lipinski definition) is 3. The largest absolute Gasteiger partial charge is 0.477 e.